The summed E-state index contributed by atoms with van der Waals surface area (Å²) >= 11 is 0. The van der Waals surface area contributed by atoms with E-state index in [0.717, 1.165) is 28.8 Å². The van der Waals surface area contributed by atoms with E-state index in [0.29, 0.717) is 5.75 Å². The molecule has 10 heteroatoms. The molecule has 1 N–H and O–H groups in total. The molecule has 0 fully saturated rings. The number of carbonyl (C=O) groups excluding carboxylic acids is 1. The Morgan fingerprint density at radius 1 is 1.10 bits per heavy atom. The summed E-state index contributed by atoms with van der Waals surface area (Å²) in [5.41, 5.74) is -1.03. The molecule has 2 aromatic rings. The van der Waals surface area contributed by atoms with Crippen LogP contribution in [0.4, 0.5) is 18.9 Å². The Morgan fingerprint density at radius 2 is 1.80 bits per heavy atom. The zero-order valence-electron chi connectivity index (χ0n) is 16.4. The van der Waals surface area contributed by atoms with Gasteiger partial charge in [-0.15, -0.1) is 0 Å². The number of carbonyl (C=O) groups is 1. The van der Waals surface area contributed by atoms with Gasteiger partial charge in [0, 0.05) is 13.0 Å². The summed E-state index contributed by atoms with van der Waals surface area (Å²) in [6.07, 6.45) is -3.50. The summed E-state index contributed by atoms with van der Waals surface area (Å²) < 4.78 is 69.1. The molecule has 0 saturated carbocycles. The predicted octanol–water partition coefficient (Wildman–Crippen LogP) is 3.45. The van der Waals surface area contributed by atoms with Crippen molar-refractivity contribution in [1.82, 2.24) is 5.32 Å². The number of rotatable bonds is 10. The maximum atomic E-state index is 12.9. The highest BCUT2D eigenvalue weighted by atomic mass is 32.2. The highest BCUT2D eigenvalue weighted by molar-refractivity contribution is 7.92. The summed E-state index contributed by atoms with van der Waals surface area (Å²) in [6.45, 7) is 0.431. The van der Waals surface area contributed by atoms with Crippen molar-refractivity contribution in [3.05, 3.63) is 60.2 Å². The number of nitrogens with zero attached hydrogens (tertiary/aromatic N) is 1. The van der Waals surface area contributed by atoms with Gasteiger partial charge in [-0.3, -0.25) is 9.10 Å². The number of hydrogen-bond donors (Lipinski definition) is 1. The molecule has 2 rings (SSSR count). The Hall–Kier alpha value is -2.75. The highest BCUT2D eigenvalue weighted by Gasteiger charge is 2.31. The first kappa shape index (κ1) is 23.5. The van der Waals surface area contributed by atoms with Crippen LogP contribution in [0, 0.1) is 0 Å². The molecule has 6 nitrogen and oxygen atoms in total. The average Bonchev–Trinajstić information content (AvgIpc) is 2.68. The molecule has 30 heavy (non-hydrogen) atoms. The minimum Gasteiger partial charge on any atom is -0.492 e. The molecular weight excluding hydrogens is 421 g/mol. The van der Waals surface area contributed by atoms with Gasteiger partial charge in [-0.05, 0) is 36.8 Å². The molecule has 0 aliphatic rings. The van der Waals surface area contributed by atoms with Crippen LogP contribution in [0.1, 0.15) is 18.4 Å². The van der Waals surface area contributed by atoms with Gasteiger partial charge in [0.05, 0.1) is 24.1 Å². The monoisotopic (exact) mass is 444 g/mol. The van der Waals surface area contributed by atoms with Crippen molar-refractivity contribution in [3.63, 3.8) is 0 Å². The molecule has 0 heterocycles. The molecule has 0 radical (unpaired) electrons. The van der Waals surface area contributed by atoms with Gasteiger partial charge in [-0.25, -0.2) is 8.42 Å². The summed E-state index contributed by atoms with van der Waals surface area (Å²) in [5.74, 6) is 0.376. The minimum absolute atomic E-state index is 0.0241. The number of amides is 1. The van der Waals surface area contributed by atoms with E-state index in [9.17, 15) is 26.4 Å². The fraction of sp³-hybridized carbons (Fsp3) is 0.350. The molecular formula is C20H23F3N2O4S. The molecule has 0 spiro atoms. The molecule has 0 aliphatic heterocycles. The summed E-state index contributed by atoms with van der Waals surface area (Å²) in [6, 6.07) is 13.2. The number of anilines is 1. The summed E-state index contributed by atoms with van der Waals surface area (Å²) in [4.78, 5) is 11.9. The Kier molecular flexibility index (Phi) is 8.10. The zero-order chi connectivity index (χ0) is 22.2. The van der Waals surface area contributed by atoms with Gasteiger partial charge in [0.25, 0.3) is 0 Å². The summed E-state index contributed by atoms with van der Waals surface area (Å²) in [7, 11) is -3.82. The van der Waals surface area contributed by atoms with Gasteiger partial charge >= 0.3 is 6.18 Å². The second kappa shape index (κ2) is 10.3. The number of sulfonamides is 1. The first-order valence-corrected chi connectivity index (χ1v) is 11.0. The predicted molar refractivity (Wildman–Crippen MR) is 108 cm³/mol. The van der Waals surface area contributed by atoms with Crippen molar-refractivity contribution in [2.24, 2.45) is 0 Å². The van der Waals surface area contributed by atoms with Crippen LogP contribution >= 0.6 is 0 Å². The SMILES string of the molecule is CS(=O)(=O)N(CCCC(=O)NCCOc1ccccc1)c1cccc(C(F)(F)F)c1. The van der Waals surface area contributed by atoms with Crippen LogP contribution in [-0.2, 0) is 21.0 Å². The lowest BCUT2D eigenvalue weighted by Gasteiger charge is -2.23. The quantitative estimate of drug-likeness (QED) is 0.570. The maximum Gasteiger partial charge on any atom is 0.416 e. The van der Waals surface area contributed by atoms with Crippen LogP contribution in [0.25, 0.3) is 0 Å². The number of nitrogens with one attached hydrogen (secondary N) is 1. The van der Waals surface area contributed by atoms with Gasteiger partial charge < -0.3 is 10.1 Å². The van der Waals surface area contributed by atoms with E-state index >= 15 is 0 Å². The second-order valence-electron chi connectivity index (χ2n) is 6.50. The first-order chi connectivity index (χ1) is 14.1. The number of halogens is 3. The van der Waals surface area contributed by atoms with Crippen molar-refractivity contribution >= 4 is 21.6 Å². The van der Waals surface area contributed by atoms with Crippen molar-refractivity contribution in [3.8, 4) is 5.75 Å². The van der Waals surface area contributed by atoms with Crippen LogP contribution in [-0.4, -0.2) is 40.3 Å². The van der Waals surface area contributed by atoms with Gasteiger partial charge in [-0.2, -0.15) is 13.2 Å². The number of alkyl halides is 3. The molecule has 0 bridgehead atoms. The third kappa shape index (κ3) is 7.58. The maximum absolute atomic E-state index is 12.9. The lowest BCUT2D eigenvalue weighted by atomic mass is 10.2. The third-order valence-electron chi connectivity index (χ3n) is 4.06. The molecule has 0 saturated heterocycles. The van der Waals surface area contributed by atoms with Gasteiger partial charge in [-0.1, -0.05) is 24.3 Å². The lowest BCUT2D eigenvalue weighted by molar-refractivity contribution is -0.137. The topological polar surface area (TPSA) is 75.7 Å². The van der Waals surface area contributed by atoms with Crippen molar-refractivity contribution in [2.75, 3.05) is 30.3 Å². The Morgan fingerprint density at radius 3 is 2.43 bits per heavy atom. The van der Waals surface area contributed by atoms with Crippen LogP contribution < -0.4 is 14.4 Å². The van der Waals surface area contributed by atoms with Crippen LogP contribution in [0.2, 0.25) is 0 Å². The molecule has 0 aliphatic carbocycles. The van der Waals surface area contributed by atoms with Crippen molar-refractivity contribution < 1.29 is 31.1 Å². The van der Waals surface area contributed by atoms with E-state index in [1.165, 1.54) is 6.07 Å². The molecule has 0 atom stereocenters. The van der Waals surface area contributed by atoms with Gasteiger partial charge in [0.2, 0.25) is 15.9 Å². The van der Waals surface area contributed by atoms with E-state index in [2.05, 4.69) is 5.32 Å². The van der Waals surface area contributed by atoms with Crippen LogP contribution in [0.15, 0.2) is 54.6 Å². The number of para-hydroxylation sites is 1. The Balaban J connectivity index is 1.84. The Labute approximate surface area is 173 Å². The second-order valence-corrected chi connectivity index (χ2v) is 8.41. The Bertz CT molecular complexity index is 935. The largest absolute Gasteiger partial charge is 0.492 e. The van der Waals surface area contributed by atoms with Crippen molar-refractivity contribution in [1.29, 1.82) is 0 Å². The molecule has 2 aromatic carbocycles. The van der Waals surface area contributed by atoms with E-state index < -0.39 is 21.8 Å². The fourth-order valence-corrected chi connectivity index (χ4v) is 3.63. The molecule has 164 valence electrons. The van der Waals surface area contributed by atoms with E-state index in [-0.39, 0.29) is 44.1 Å². The molecule has 0 aromatic heterocycles. The smallest absolute Gasteiger partial charge is 0.416 e. The number of hydrogen-bond acceptors (Lipinski definition) is 4. The van der Waals surface area contributed by atoms with Crippen LogP contribution in [0.5, 0.6) is 5.75 Å². The van der Waals surface area contributed by atoms with Gasteiger partial charge in [0.15, 0.2) is 0 Å². The number of ether oxygens (including phenoxy) is 1. The molecule has 0 unspecified atom stereocenters. The zero-order valence-corrected chi connectivity index (χ0v) is 17.2. The standard InChI is InChI=1S/C20H23F3N2O4S/c1-30(27,28)25(17-8-5-7-16(15-17)20(21,22)23)13-6-11-19(26)24-12-14-29-18-9-3-2-4-10-18/h2-5,7-10,15H,6,11-14H2,1H3,(H,24,26). The summed E-state index contributed by atoms with van der Waals surface area (Å²) in [5, 5.41) is 2.65. The minimum atomic E-state index is -4.58. The first-order valence-electron chi connectivity index (χ1n) is 9.17. The molecule has 1 amide bonds. The fourth-order valence-electron chi connectivity index (χ4n) is 2.67. The van der Waals surface area contributed by atoms with E-state index in [4.69, 9.17) is 4.74 Å². The van der Waals surface area contributed by atoms with Gasteiger partial charge in [0.1, 0.15) is 12.4 Å². The van der Waals surface area contributed by atoms with Crippen molar-refractivity contribution in [2.45, 2.75) is 19.0 Å². The highest BCUT2D eigenvalue weighted by Crippen LogP contribution is 2.32. The third-order valence-corrected chi connectivity index (χ3v) is 5.26. The normalized spacial score (nSPS) is 11.7. The average molecular weight is 444 g/mol. The van der Waals surface area contributed by atoms with E-state index in [1.54, 1.807) is 12.1 Å². The number of benzene rings is 2. The van der Waals surface area contributed by atoms with E-state index in [1.807, 2.05) is 18.2 Å². The lowest BCUT2D eigenvalue weighted by Crippen LogP contribution is -2.33. The van der Waals surface area contributed by atoms with Crippen LogP contribution in [0.3, 0.4) is 0 Å².